The Kier molecular flexibility index (Phi) is 4.82. The van der Waals surface area contributed by atoms with Crippen LogP contribution in [0.3, 0.4) is 0 Å². The van der Waals surface area contributed by atoms with Crippen molar-refractivity contribution >= 4 is 23.3 Å². The third-order valence-electron chi connectivity index (χ3n) is 5.73. The summed E-state index contributed by atoms with van der Waals surface area (Å²) >= 11 is 0. The van der Waals surface area contributed by atoms with Gasteiger partial charge in [0.05, 0.1) is 6.04 Å². The summed E-state index contributed by atoms with van der Waals surface area (Å²) in [5.41, 5.74) is 3.67. The van der Waals surface area contributed by atoms with E-state index >= 15 is 0 Å². The van der Waals surface area contributed by atoms with Gasteiger partial charge in [-0.05, 0) is 36.2 Å². The molecule has 1 atom stereocenters. The maximum absolute atomic E-state index is 12.9. The maximum Gasteiger partial charge on any atom is 0.339 e. The molecule has 160 valence electrons. The van der Waals surface area contributed by atoms with E-state index in [0.717, 1.165) is 5.56 Å². The van der Waals surface area contributed by atoms with E-state index in [2.05, 4.69) is 27.3 Å². The number of benzene rings is 1. The first-order valence-electron chi connectivity index (χ1n) is 10.3. The van der Waals surface area contributed by atoms with Crippen LogP contribution in [0, 0.1) is 0 Å². The molecule has 0 spiro atoms. The molecular weight excluding hydrogens is 406 g/mol. The Balaban J connectivity index is 1.53. The van der Waals surface area contributed by atoms with Gasteiger partial charge in [-0.2, -0.15) is 0 Å². The predicted molar refractivity (Wildman–Crippen MR) is 121 cm³/mol. The number of pyridine rings is 2. The summed E-state index contributed by atoms with van der Waals surface area (Å²) in [6.07, 6.45) is 3.23. The number of nitrogens with zero attached hydrogens (tertiary/aromatic N) is 4. The lowest BCUT2D eigenvalue weighted by Crippen LogP contribution is -2.23. The number of rotatable bonds is 5. The van der Waals surface area contributed by atoms with Gasteiger partial charge in [0.25, 0.3) is 5.56 Å². The molecule has 32 heavy (non-hydrogen) atoms. The van der Waals surface area contributed by atoms with Crippen LogP contribution in [0.2, 0.25) is 0 Å². The Labute approximate surface area is 183 Å². The number of aromatic nitrogens is 3. The van der Waals surface area contributed by atoms with Gasteiger partial charge in [0.15, 0.2) is 0 Å². The summed E-state index contributed by atoms with van der Waals surface area (Å²) in [5, 5.41) is 12.6. The van der Waals surface area contributed by atoms with Crippen molar-refractivity contribution in [2.24, 2.45) is 0 Å². The van der Waals surface area contributed by atoms with Crippen LogP contribution in [0.1, 0.15) is 40.0 Å². The molecule has 0 amide bonds. The summed E-state index contributed by atoms with van der Waals surface area (Å²) in [6.45, 7) is 3.29. The van der Waals surface area contributed by atoms with Crippen LogP contribution >= 0.6 is 0 Å². The fourth-order valence-corrected chi connectivity index (χ4v) is 4.10. The van der Waals surface area contributed by atoms with Crippen molar-refractivity contribution in [2.45, 2.75) is 26.1 Å². The maximum atomic E-state index is 12.9. The third-order valence-corrected chi connectivity index (χ3v) is 5.73. The molecule has 0 unspecified atom stereocenters. The van der Waals surface area contributed by atoms with E-state index in [0.29, 0.717) is 24.6 Å². The Morgan fingerprint density at radius 1 is 1.09 bits per heavy atom. The summed E-state index contributed by atoms with van der Waals surface area (Å²) in [6, 6.07) is 16.2. The highest BCUT2D eigenvalue weighted by molar-refractivity contribution is 5.93. The van der Waals surface area contributed by atoms with Crippen LogP contribution in [-0.4, -0.2) is 25.4 Å². The fraction of sp³-hybridized carbons (Fsp3) is 0.167. The van der Waals surface area contributed by atoms with Crippen molar-refractivity contribution in [3.05, 3.63) is 99.6 Å². The fourth-order valence-electron chi connectivity index (χ4n) is 4.10. The van der Waals surface area contributed by atoms with Crippen molar-refractivity contribution in [3.8, 4) is 0 Å². The normalized spacial score (nSPS) is 13.7. The average Bonchev–Trinajstić information content (AvgIpc) is 3.23. The van der Waals surface area contributed by atoms with Gasteiger partial charge in [-0.25, -0.2) is 14.8 Å². The van der Waals surface area contributed by atoms with Gasteiger partial charge in [0.2, 0.25) is 0 Å². The molecule has 2 N–H and O–H groups in total. The standard InChI is InChI=1S/C24H21N5O3/c1-15(26-22-19(24(31)32)8-4-10-25-22)18-9-5-11-29-21(30)12-20(27-23(18)29)28-13-16-6-2-3-7-17(16)14-28/h2-12,15H,13-14H2,1H3,(H,25,26)(H,31,32)/t15-/m1/s1. The molecule has 0 radical (unpaired) electrons. The number of carboxylic acids is 1. The van der Waals surface area contributed by atoms with E-state index in [1.165, 1.54) is 27.8 Å². The molecule has 1 aliphatic heterocycles. The molecule has 8 nitrogen and oxygen atoms in total. The quantitative estimate of drug-likeness (QED) is 0.503. The summed E-state index contributed by atoms with van der Waals surface area (Å²) in [4.78, 5) is 35.5. The average molecular weight is 427 g/mol. The van der Waals surface area contributed by atoms with Gasteiger partial charge < -0.3 is 15.3 Å². The summed E-state index contributed by atoms with van der Waals surface area (Å²) in [5.74, 6) is -0.172. The molecule has 4 aromatic rings. The Hall–Kier alpha value is -4.20. The molecule has 3 aromatic heterocycles. The van der Waals surface area contributed by atoms with Crippen molar-refractivity contribution < 1.29 is 9.90 Å². The van der Waals surface area contributed by atoms with Crippen LogP contribution in [0.4, 0.5) is 11.6 Å². The Bertz CT molecular complexity index is 1370. The molecular formula is C24H21N5O3. The van der Waals surface area contributed by atoms with Gasteiger partial charge in [0, 0.05) is 37.1 Å². The van der Waals surface area contributed by atoms with E-state index in [4.69, 9.17) is 4.98 Å². The minimum Gasteiger partial charge on any atom is -0.478 e. The zero-order valence-corrected chi connectivity index (χ0v) is 17.4. The van der Waals surface area contributed by atoms with E-state index in [9.17, 15) is 14.7 Å². The van der Waals surface area contributed by atoms with Crippen molar-refractivity contribution in [2.75, 3.05) is 10.2 Å². The molecule has 0 bridgehead atoms. The highest BCUT2D eigenvalue weighted by Gasteiger charge is 2.22. The van der Waals surface area contributed by atoms with Crippen LogP contribution in [0.5, 0.6) is 0 Å². The van der Waals surface area contributed by atoms with E-state index in [1.54, 1.807) is 24.4 Å². The molecule has 4 heterocycles. The number of hydrogen-bond donors (Lipinski definition) is 2. The number of nitrogens with one attached hydrogen (secondary N) is 1. The summed E-state index contributed by atoms with van der Waals surface area (Å²) < 4.78 is 1.51. The van der Waals surface area contributed by atoms with Gasteiger partial charge in [-0.15, -0.1) is 0 Å². The van der Waals surface area contributed by atoms with Gasteiger partial charge >= 0.3 is 5.97 Å². The summed E-state index contributed by atoms with van der Waals surface area (Å²) in [7, 11) is 0. The van der Waals surface area contributed by atoms with Crippen LogP contribution < -0.4 is 15.8 Å². The monoisotopic (exact) mass is 427 g/mol. The van der Waals surface area contributed by atoms with Crippen LogP contribution in [-0.2, 0) is 13.1 Å². The van der Waals surface area contributed by atoms with Crippen molar-refractivity contribution in [1.29, 1.82) is 0 Å². The SMILES string of the molecule is C[C@@H](Nc1ncccc1C(=O)O)c1cccn2c(=O)cc(N3Cc4ccccc4C3)nc12. The molecule has 5 rings (SSSR count). The van der Waals surface area contributed by atoms with Gasteiger partial charge in [-0.1, -0.05) is 30.3 Å². The lowest BCUT2D eigenvalue weighted by Gasteiger charge is -2.20. The number of fused-ring (bicyclic) bond motifs is 2. The highest BCUT2D eigenvalue weighted by atomic mass is 16.4. The van der Waals surface area contributed by atoms with E-state index < -0.39 is 5.97 Å². The van der Waals surface area contributed by atoms with Crippen LogP contribution in [0.25, 0.3) is 5.65 Å². The second kappa shape index (κ2) is 7.81. The molecule has 1 aromatic carbocycles. The number of carboxylic acid groups (broad SMARTS) is 1. The molecule has 1 aliphatic rings. The van der Waals surface area contributed by atoms with E-state index in [-0.39, 0.29) is 23.0 Å². The van der Waals surface area contributed by atoms with Crippen molar-refractivity contribution in [3.63, 3.8) is 0 Å². The van der Waals surface area contributed by atoms with E-state index in [1.807, 2.05) is 25.1 Å². The second-order valence-electron chi connectivity index (χ2n) is 7.81. The largest absolute Gasteiger partial charge is 0.478 e. The number of aromatic carboxylic acids is 1. The molecule has 0 fully saturated rings. The topological polar surface area (TPSA) is 99.8 Å². The van der Waals surface area contributed by atoms with Crippen molar-refractivity contribution in [1.82, 2.24) is 14.4 Å². The zero-order valence-electron chi connectivity index (χ0n) is 17.4. The predicted octanol–water partition coefficient (Wildman–Crippen LogP) is 3.48. The smallest absolute Gasteiger partial charge is 0.339 e. The number of carbonyl (C=O) groups is 1. The van der Waals surface area contributed by atoms with Gasteiger partial charge in [0.1, 0.15) is 22.8 Å². The molecule has 0 saturated carbocycles. The lowest BCUT2D eigenvalue weighted by atomic mass is 10.1. The first kappa shape index (κ1) is 19.7. The number of anilines is 2. The highest BCUT2D eigenvalue weighted by Crippen LogP contribution is 2.28. The minimum absolute atomic E-state index is 0.0835. The lowest BCUT2D eigenvalue weighted by molar-refractivity contribution is 0.0697. The van der Waals surface area contributed by atoms with Crippen LogP contribution in [0.15, 0.2) is 71.8 Å². The number of hydrogen-bond acceptors (Lipinski definition) is 6. The molecule has 0 saturated heterocycles. The molecule has 8 heteroatoms. The minimum atomic E-state index is -1.06. The second-order valence-corrected chi connectivity index (χ2v) is 7.81. The first-order chi connectivity index (χ1) is 15.5. The third kappa shape index (κ3) is 3.45. The first-order valence-corrected chi connectivity index (χ1v) is 10.3. The van der Waals surface area contributed by atoms with Gasteiger partial charge in [-0.3, -0.25) is 9.20 Å². The Morgan fingerprint density at radius 2 is 1.84 bits per heavy atom. The molecule has 0 aliphatic carbocycles. The Morgan fingerprint density at radius 3 is 2.56 bits per heavy atom. The zero-order chi connectivity index (χ0) is 22.2.